The molecule has 0 fully saturated rings. The summed E-state index contributed by atoms with van der Waals surface area (Å²) in [5.41, 5.74) is 6.09. The van der Waals surface area contributed by atoms with Crippen molar-refractivity contribution in [2.24, 2.45) is 5.73 Å². The largest absolute Gasteiger partial charge is 0.506 e. The van der Waals surface area contributed by atoms with Crippen molar-refractivity contribution < 1.29 is 9.90 Å². The maximum Gasteiger partial charge on any atom is 0.241 e. The van der Waals surface area contributed by atoms with Crippen LogP contribution >= 0.6 is 40.1 Å². The molecule has 4 nitrogen and oxygen atoms in total. The zero-order chi connectivity index (χ0) is 12.8. The zero-order valence-corrected chi connectivity index (χ0v) is 13.1. The van der Waals surface area contributed by atoms with E-state index in [0.29, 0.717) is 12.1 Å². The molecule has 0 bridgehead atoms. The standard InChI is InChI=1S/C11H15BrN2O2S.ClH/c1-17-5-4-8(13)11(16)14-9-6-7(12)2-3-10(9)15;/h2-3,6,8,15H,4-5,13H2,1H3,(H,14,16);1H/t8-;/m0./s1. The second kappa shape index (κ2) is 8.63. The molecule has 0 heterocycles. The maximum atomic E-state index is 11.7. The molecular weight excluding hydrogens is 340 g/mol. The number of benzene rings is 1. The lowest BCUT2D eigenvalue weighted by atomic mass is 10.2. The highest BCUT2D eigenvalue weighted by molar-refractivity contribution is 9.10. The van der Waals surface area contributed by atoms with Crippen LogP contribution in [0.4, 0.5) is 5.69 Å². The van der Waals surface area contributed by atoms with Gasteiger partial charge in [-0.3, -0.25) is 4.79 Å². The summed E-state index contributed by atoms with van der Waals surface area (Å²) < 4.78 is 0.781. The number of phenols is 1. The number of hydrogen-bond acceptors (Lipinski definition) is 4. The minimum atomic E-state index is -0.555. The van der Waals surface area contributed by atoms with Crippen LogP contribution in [0.1, 0.15) is 6.42 Å². The highest BCUT2D eigenvalue weighted by Gasteiger charge is 2.14. The van der Waals surface area contributed by atoms with Gasteiger partial charge in [0.05, 0.1) is 11.7 Å². The number of halogens is 2. The average Bonchev–Trinajstić information content (AvgIpc) is 2.30. The summed E-state index contributed by atoms with van der Waals surface area (Å²) in [6.45, 7) is 0. The summed E-state index contributed by atoms with van der Waals surface area (Å²) >= 11 is 4.91. The highest BCUT2D eigenvalue weighted by Crippen LogP contribution is 2.26. The number of carbonyl (C=O) groups is 1. The van der Waals surface area contributed by atoms with E-state index in [1.165, 1.54) is 6.07 Å². The number of rotatable bonds is 5. The van der Waals surface area contributed by atoms with Gasteiger partial charge in [0.2, 0.25) is 5.91 Å². The summed E-state index contributed by atoms with van der Waals surface area (Å²) in [6, 6.07) is 4.28. The maximum absolute atomic E-state index is 11.7. The Labute approximate surface area is 125 Å². The molecule has 0 aromatic heterocycles. The Morgan fingerprint density at radius 3 is 2.89 bits per heavy atom. The first-order valence-corrected chi connectivity index (χ1v) is 7.27. The minimum Gasteiger partial charge on any atom is -0.506 e. The van der Waals surface area contributed by atoms with E-state index in [1.54, 1.807) is 23.9 Å². The Bertz CT molecular complexity index is 407. The molecule has 0 spiro atoms. The van der Waals surface area contributed by atoms with Gasteiger partial charge in [0.25, 0.3) is 0 Å². The van der Waals surface area contributed by atoms with Gasteiger partial charge in [-0.1, -0.05) is 15.9 Å². The number of carbonyl (C=O) groups excluding carboxylic acids is 1. The van der Waals surface area contributed by atoms with Crippen LogP contribution in [-0.4, -0.2) is 29.1 Å². The van der Waals surface area contributed by atoms with E-state index in [4.69, 9.17) is 5.73 Å². The number of anilines is 1. The van der Waals surface area contributed by atoms with Crippen LogP contribution in [0.5, 0.6) is 5.75 Å². The zero-order valence-electron chi connectivity index (χ0n) is 9.85. The van der Waals surface area contributed by atoms with Gasteiger partial charge in [0, 0.05) is 4.47 Å². The van der Waals surface area contributed by atoms with Crippen LogP contribution < -0.4 is 11.1 Å². The van der Waals surface area contributed by atoms with E-state index in [1.807, 2.05) is 6.26 Å². The van der Waals surface area contributed by atoms with Crippen molar-refractivity contribution in [1.82, 2.24) is 0 Å². The molecule has 1 aromatic carbocycles. The number of nitrogens with one attached hydrogen (secondary N) is 1. The van der Waals surface area contributed by atoms with Gasteiger partial charge in [0.15, 0.2) is 0 Å². The van der Waals surface area contributed by atoms with Crippen LogP contribution in [0.15, 0.2) is 22.7 Å². The summed E-state index contributed by atoms with van der Waals surface area (Å²) in [7, 11) is 0. The molecule has 0 saturated carbocycles. The van der Waals surface area contributed by atoms with Gasteiger partial charge in [-0.05, 0) is 36.6 Å². The van der Waals surface area contributed by atoms with Crippen LogP contribution in [0.2, 0.25) is 0 Å². The van der Waals surface area contributed by atoms with Crippen LogP contribution in [0.3, 0.4) is 0 Å². The third-order valence-electron chi connectivity index (χ3n) is 2.19. The van der Waals surface area contributed by atoms with Crippen molar-refractivity contribution in [1.29, 1.82) is 0 Å². The number of amides is 1. The first kappa shape index (κ1) is 17.6. The van der Waals surface area contributed by atoms with Crippen molar-refractivity contribution in [2.75, 3.05) is 17.3 Å². The molecule has 7 heteroatoms. The van der Waals surface area contributed by atoms with Gasteiger partial charge in [-0.2, -0.15) is 11.8 Å². The molecule has 102 valence electrons. The Morgan fingerprint density at radius 2 is 2.28 bits per heavy atom. The average molecular weight is 356 g/mol. The quantitative estimate of drug-likeness (QED) is 0.710. The summed E-state index contributed by atoms with van der Waals surface area (Å²) in [6.07, 6.45) is 2.58. The fourth-order valence-corrected chi connectivity index (χ4v) is 2.06. The molecular formula is C11H16BrClN2O2S. The summed E-state index contributed by atoms with van der Waals surface area (Å²) in [5, 5.41) is 12.2. The van der Waals surface area contributed by atoms with Gasteiger partial charge < -0.3 is 16.2 Å². The molecule has 0 aliphatic carbocycles. The van der Waals surface area contributed by atoms with Crippen molar-refractivity contribution >= 4 is 51.7 Å². The Balaban J connectivity index is 0.00000289. The van der Waals surface area contributed by atoms with Gasteiger partial charge >= 0.3 is 0 Å². The van der Waals surface area contributed by atoms with E-state index < -0.39 is 6.04 Å². The predicted octanol–water partition coefficient (Wildman–Crippen LogP) is 2.60. The molecule has 0 saturated heterocycles. The molecule has 0 aliphatic rings. The van der Waals surface area contributed by atoms with Gasteiger partial charge in [0.1, 0.15) is 5.75 Å². The van der Waals surface area contributed by atoms with E-state index in [9.17, 15) is 9.90 Å². The fourth-order valence-electron chi connectivity index (χ4n) is 1.21. The van der Waals surface area contributed by atoms with E-state index in [0.717, 1.165) is 10.2 Å². The van der Waals surface area contributed by atoms with Crippen molar-refractivity contribution in [3.05, 3.63) is 22.7 Å². The summed E-state index contributed by atoms with van der Waals surface area (Å²) in [5.74, 6) is 0.574. The van der Waals surface area contributed by atoms with Crippen LogP contribution in [-0.2, 0) is 4.79 Å². The predicted molar refractivity (Wildman–Crippen MR) is 82.7 cm³/mol. The second-order valence-electron chi connectivity index (χ2n) is 3.54. The molecule has 18 heavy (non-hydrogen) atoms. The van der Waals surface area contributed by atoms with Crippen molar-refractivity contribution in [2.45, 2.75) is 12.5 Å². The second-order valence-corrected chi connectivity index (χ2v) is 5.44. The van der Waals surface area contributed by atoms with E-state index in [-0.39, 0.29) is 24.1 Å². The summed E-state index contributed by atoms with van der Waals surface area (Å²) in [4.78, 5) is 11.7. The lowest BCUT2D eigenvalue weighted by Gasteiger charge is -2.12. The topological polar surface area (TPSA) is 75.4 Å². The molecule has 1 rings (SSSR count). The lowest BCUT2D eigenvalue weighted by molar-refractivity contribution is -0.117. The molecule has 4 N–H and O–H groups in total. The van der Waals surface area contributed by atoms with E-state index >= 15 is 0 Å². The van der Waals surface area contributed by atoms with Crippen molar-refractivity contribution in [3.8, 4) is 5.75 Å². The molecule has 0 aliphatic heterocycles. The monoisotopic (exact) mass is 354 g/mol. The van der Waals surface area contributed by atoms with Crippen LogP contribution in [0.25, 0.3) is 0 Å². The Kier molecular flexibility index (Phi) is 8.43. The van der Waals surface area contributed by atoms with E-state index in [2.05, 4.69) is 21.2 Å². The number of aromatic hydroxyl groups is 1. The van der Waals surface area contributed by atoms with Crippen molar-refractivity contribution in [3.63, 3.8) is 0 Å². The number of phenolic OH excluding ortho intramolecular Hbond substituents is 1. The number of hydrogen-bond donors (Lipinski definition) is 3. The molecule has 1 amide bonds. The van der Waals surface area contributed by atoms with Crippen LogP contribution in [0, 0.1) is 0 Å². The SMILES string of the molecule is CSCC[C@H](N)C(=O)Nc1cc(Br)ccc1O.Cl. The Morgan fingerprint density at radius 1 is 1.61 bits per heavy atom. The lowest BCUT2D eigenvalue weighted by Crippen LogP contribution is -2.36. The van der Waals surface area contributed by atoms with Gasteiger partial charge in [-0.25, -0.2) is 0 Å². The molecule has 1 aromatic rings. The third-order valence-corrected chi connectivity index (χ3v) is 3.32. The number of nitrogens with two attached hydrogens (primary N) is 1. The third kappa shape index (κ3) is 5.48. The minimum absolute atomic E-state index is 0. The molecule has 0 unspecified atom stereocenters. The number of thioether (sulfide) groups is 1. The first-order chi connectivity index (χ1) is 8.04. The highest BCUT2D eigenvalue weighted by atomic mass is 79.9. The molecule has 0 radical (unpaired) electrons. The van der Waals surface area contributed by atoms with Gasteiger partial charge in [-0.15, -0.1) is 12.4 Å². The normalized spacial score (nSPS) is 11.5. The smallest absolute Gasteiger partial charge is 0.241 e. The molecule has 1 atom stereocenters. The fraction of sp³-hybridized carbons (Fsp3) is 0.364. The Hall–Kier alpha value is -0.430. The first-order valence-electron chi connectivity index (χ1n) is 5.08.